The second kappa shape index (κ2) is 3.75. The van der Waals surface area contributed by atoms with Gasteiger partial charge in [-0.3, -0.25) is 0 Å². The van der Waals surface area contributed by atoms with Gasteiger partial charge in [-0.1, -0.05) is 30.3 Å². The Morgan fingerprint density at radius 2 is 1.68 bits per heavy atom. The maximum absolute atomic E-state index is 10.1. The lowest BCUT2D eigenvalue weighted by molar-refractivity contribution is 0.481. The molecule has 0 fully saturated rings. The lowest BCUT2D eigenvalue weighted by Gasteiger charge is -1.97. The molecule has 0 saturated carbocycles. The Kier molecular flexibility index (Phi) is 2.15. The van der Waals surface area contributed by atoms with Crippen LogP contribution in [0.25, 0.3) is 32.7 Å². The van der Waals surface area contributed by atoms with Crippen molar-refractivity contribution in [2.75, 3.05) is 0 Å². The van der Waals surface area contributed by atoms with Crippen LogP contribution in [0, 0.1) is 0 Å². The first-order valence-corrected chi connectivity index (χ1v) is 6.76. The van der Waals surface area contributed by atoms with Crippen LogP contribution in [-0.4, -0.2) is 5.11 Å². The van der Waals surface area contributed by atoms with E-state index in [1.807, 2.05) is 30.3 Å². The summed E-state index contributed by atoms with van der Waals surface area (Å²) in [7, 11) is 0. The maximum Gasteiger partial charge on any atom is 0.153 e. The summed E-state index contributed by atoms with van der Waals surface area (Å²) < 4.78 is 6.82. The molecule has 4 rings (SSSR count). The lowest BCUT2D eigenvalue weighted by Crippen LogP contribution is -1.73. The topological polar surface area (TPSA) is 33.4 Å². The van der Waals surface area contributed by atoms with Crippen LogP contribution in [0.5, 0.6) is 5.75 Å². The average Bonchev–Trinajstić information content (AvgIpc) is 2.84. The van der Waals surface area contributed by atoms with Gasteiger partial charge in [-0.2, -0.15) is 0 Å². The van der Waals surface area contributed by atoms with Gasteiger partial charge in [-0.05, 0) is 39.5 Å². The minimum atomic E-state index is 0.243. The Morgan fingerprint density at radius 3 is 2.58 bits per heavy atom. The van der Waals surface area contributed by atoms with Gasteiger partial charge in [0.25, 0.3) is 0 Å². The van der Waals surface area contributed by atoms with Crippen LogP contribution in [0.4, 0.5) is 0 Å². The summed E-state index contributed by atoms with van der Waals surface area (Å²) in [4.78, 5) is 0. The summed E-state index contributed by atoms with van der Waals surface area (Å²) in [6, 6.07) is 15.6. The Hall–Kier alpha value is -2.00. The number of rotatable bonds is 0. The van der Waals surface area contributed by atoms with Crippen molar-refractivity contribution in [2.45, 2.75) is 0 Å². The van der Waals surface area contributed by atoms with E-state index in [4.69, 9.17) is 4.42 Å². The standard InChI is InChI=1S/C16H9BrO2/c17-12-7-8-13(18)14-11-6-5-9-3-1-2-4-10(9)15(11)19-16(12)14/h1-8,18H. The van der Waals surface area contributed by atoms with E-state index in [9.17, 15) is 5.11 Å². The normalized spacial score (nSPS) is 11.6. The molecule has 19 heavy (non-hydrogen) atoms. The van der Waals surface area contributed by atoms with Crippen molar-refractivity contribution < 1.29 is 9.52 Å². The zero-order valence-electron chi connectivity index (χ0n) is 9.85. The summed E-state index contributed by atoms with van der Waals surface area (Å²) in [6.07, 6.45) is 0. The van der Waals surface area contributed by atoms with Gasteiger partial charge in [-0.25, -0.2) is 0 Å². The molecule has 0 aliphatic rings. The Labute approximate surface area is 117 Å². The number of phenolic OH excluding ortho intramolecular Hbond substituents is 1. The molecule has 0 aliphatic carbocycles. The van der Waals surface area contributed by atoms with Gasteiger partial charge >= 0.3 is 0 Å². The molecule has 92 valence electrons. The SMILES string of the molecule is Oc1ccc(Br)c2oc3c4ccccc4ccc3c12. The molecule has 1 heterocycles. The van der Waals surface area contributed by atoms with E-state index in [1.165, 1.54) is 0 Å². The zero-order valence-corrected chi connectivity index (χ0v) is 11.4. The molecule has 0 saturated heterocycles. The van der Waals surface area contributed by atoms with E-state index in [0.29, 0.717) is 5.58 Å². The Morgan fingerprint density at radius 1 is 0.842 bits per heavy atom. The van der Waals surface area contributed by atoms with E-state index in [2.05, 4.69) is 22.0 Å². The molecule has 0 atom stereocenters. The summed E-state index contributed by atoms with van der Waals surface area (Å²) >= 11 is 3.47. The number of hydrogen-bond donors (Lipinski definition) is 1. The molecular weight excluding hydrogens is 304 g/mol. The highest BCUT2D eigenvalue weighted by atomic mass is 79.9. The third kappa shape index (κ3) is 1.42. The summed E-state index contributed by atoms with van der Waals surface area (Å²) in [5, 5.41) is 14.0. The number of fused-ring (bicyclic) bond motifs is 5. The largest absolute Gasteiger partial charge is 0.507 e. The van der Waals surface area contributed by atoms with Crippen LogP contribution in [0.3, 0.4) is 0 Å². The zero-order chi connectivity index (χ0) is 13.0. The summed E-state index contributed by atoms with van der Waals surface area (Å²) in [5.74, 6) is 0.243. The number of hydrogen-bond acceptors (Lipinski definition) is 2. The highest BCUT2D eigenvalue weighted by molar-refractivity contribution is 9.10. The number of halogens is 1. The van der Waals surface area contributed by atoms with Gasteiger partial charge in [0.1, 0.15) is 11.3 Å². The van der Waals surface area contributed by atoms with Crippen LogP contribution in [0.15, 0.2) is 57.4 Å². The van der Waals surface area contributed by atoms with Crippen molar-refractivity contribution in [1.29, 1.82) is 0 Å². The summed E-state index contributed by atoms with van der Waals surface area (Å²) in [6.45, 7) is 0. The van der Waals surface area contributed by atoms with Crippen LogP contribution in [0.1, 0.15) is 0 Å². The molecule has 0 bridgehead atoms. The minimum Gasteiger partial charge on any atom is -0.507 e. The number of aromatic hydroxyl groups is 1. The van der Waals surface area contributed by atoms with Crippen LogP contribution in [-0.2, 0) is 0 Å². The predicted octanol–water partition coefficient (Wildman–Crippen LogP) is 5.21. The molecule has 0 amide bonds. The third-order valence-corrected chi connectivity index (χ3v) is 4.07. The highest BCUT2D eigenvalue weighted by Crippen LogP contribution is 2.41. The average molecular weight is 313 g/mol. The van der Waals surface area contributed by atoms with Crippen molar-refractivity contribution in [2.24, 2.45) is 0 Å². The lowest BCUT2D eigenvalue weighted by atomic mass is 10.1. The quantitative estimate of drug-likeness (QED) is 0.483. The van der Waals surface area contributed by atoms with Crippen molar-refractivity contribution in [3.8, 4) is 5.75 Å². The van der Waals surface area contributed by atoms with Crippen LogP contribution >= 0.6 is 15.9 Å². The minimum absolute atomic E-state index is 0.243. The Bertz CT molecular complexity index is 938. The van der Waals surface area contributed by atoms with E-state index in [1.54, 1.807) is 12.1 Å². The smallest absolute Gasteiger partial charge is 0.153 e. The molecule has 1 N–H and O–H groups in total. The van der Waals surface area contributed by atoms with Crippen molar-refractivity contribution >= 4 is 48.6 Å². The van der Waals surface area contributed by atoms with Gasteiger partial charge in [0.15, 0.2) is 5.58 Å². The van der Waals surface area contributed by atoms with E-state index in [-0.39, 0.29) is 5.75 Å². The molecule has 4 aromatic rings. The molecular formula is C16H9BrO2. The fourth-order valence-corrected chi connectivity index (χ4v) is 2.97. The second-order valence-corrected chi connectivity index (χ2v) is 5.39. The number of furan rings is 1. The molecule has 0 spiro atoms. The predicted molar refractivity (Wildman–Crippen MR) is 80.6 cm³/mol. The molecule has 1 aromatic heterocycles. The van der Waals surface area contributed by atoms with Crippen molar-refractivity contribution in [1.82, 2.24) is 0 Å². The molecule has 0 unspecified atom stereocenters. The van der Waals surface area contributed by atoms with Gasteiger partial charge in [0.05, 0.1) is 9.86 Å². The van der Waals surface area contributed by atoms with E-state index >= 15 is 0 Å². The van der Waals surface area contributed by atoms with Crippen molar-refractivity contribution in [3.05, 3.63) is 53.0 Å². The monoisotopic (exact) mass is 312 g/mol. The molecule has 0 aliphatic heterocycles. The third-order valence-electron chi connectivity index (χ3n) is 3.44. The van der Waals surface area contributed by atoms with E-state index < -0.39 is 0 Å². The molecule has 0 radical (unpaired) electrons. The number of phenols is 1. The number of benzene rings is 3. The molecule has 2 nitrogen and oxygen atoms in total. The molecule has 3 heteroatoms. The highest BCUT2D eigenvalue weighted by Gasteiger charge is 2.15. The fourth-order valence-electron chi connectivity index (χ4n) is 2.56. The fraction of sp³-hybridized carbons (Fsp3) is 0. The maximum atomic E-state index is 10.1. The first kappa shape index (κ1) is 10.9. The first-order valence-electron chi connectivity index (χ1n) is 5.97. The van der Waals surface area contributed by atoms with Gasteiger partial charge < -0.3 is 9.52 Å². The van der Waals surface area contributed by atoms with Crippen molar-refractivity contribution in [3.63, 3.8) is 0 Å². The van der Waals surface area contributed by atoms with E-state index in [0.717, 1.165) is 31.6 Å². The van der Waals surface area contributed by atoms with Crippen LogP contribution in [0.2, 0.25) is 0 Å². The van der Waals surface area contributed by atoms with Gasteiger partial charge in [-0.15, -0.1) is 0 Å². The van der Waals surface area contributed by atoms with Crippen LogP contribution < -0.4 is 0 Å². The van der Waals surface area contributed by atoms with Gasteiger partial charge in [0, 0.05) is 10.8 Å². The first-order chi connectivity index (χ1) is 9.25. The second-order valence-electron chi connectivity index (χ2n) is 4.54. The Balaban J connectivity index is 2.35. The summed E-state index contributed by atoms with van der Waals surface area (Å²) in [5.41, 5.74) is 1.50. The molecule has 3 aromatic carbocycles. The van der Waals surface area contributed by atoms with Gasteiger partial charge in [0.2, 0.25) is 0 Å².